The molecule has 1 N–H and O–H groups in total. The van der Waals surface area contributed by atoms with E-state index in [1.54, 1.807) is 12.1 Å². The van der Waals surface area contributed by atoms with Crippen LogP contribution in [0.5, 0.6) is 0 Å². The van der Waals surface area contributed by atoms with Crippen LogP contribution in [0.25, 0.3) is 0 Å². The van der Waals surface area contributed by atoms with Crippen LogP contribution in [0.3, 0.4) is 0 Å². The van der Waals surface area contributed by atoms with Crippen molar-refractivity contribution in [2.75, 3.05) is 0 Å². The molecule has 1 aromatic carbocycles. The fraction of sp³-hybridized carbons (Fsp3) is 0.500. The van der Waals surface area contributed by atoms with Crippen molar-refractivity contribution in [1.29, 1.82) is 5.26 Å². The minimum Gasteiger partial charge on any atom is -0.459 e. The van der Waals surface area contributed by atoms with Gasteiger partial charge >= 0.3 is 5.97 Å². The van der Waals surface area contributed by atoms with Gasteiger partial charge in [-0.25, -0.2) is 4.79 Å². The molecule has 5 nitrogen and oxygen atoms in total. The van der Waals surface area contributed by atoms with Crippen LogP contribution in [0.4, 0.5) is 0 Å². The molecule has 162 valence electrons. The number of dihydropyridines is 1. The monoisotopic (exact) mass is 418 g/mol. The van der Waals surface area contributed by atoms with Gasteiger partial charge in [0.2, 0.25) is 0 Å². The number of nitrogens with zero attached hydrogens (tertiary/aromatic N) is 1. The van der Waals surface area contributed by atoms with Crippen LogP contribution < -0.4 is 5.32 Å². The number of ketones is 1. The second kappa shape index (κ2) is 8.34. The van der Waals surface area contributed by atoms with E-state index < -0.39 is 5.92 Å². The van der Waals surface area contributed by atoms with Gasteiger partial charge in [-0.3, -0.25) is 4.79 Å². The molecular weight excluding hydrogens is 388 g/mol. The van der Waals surface area contributed by atoms with Crippen LogP contribution >= 0.6 is 0 Å². The Morgan fingerprint density at radius 1 is 1.13 bits per heavy atom. The summed E-state index contributed by atoms with van der Waals surface area (Å²) in [5, 5.41) is 12.6. The largest absolute Gasteiger partial charge is 0.459 e. The SMILES string of the molecule is CC1=C(C(=O)OC2CCCCC2)C(c2ccc(C#N)cc2)C2=C(CC(C)(C)CC2=O)N1. The maximum absolute atomic E-state index is 13.4. The molecule has 1 atom stereocenters. The second-order valence-electron chi connectivity index (χ2n) is 9.83. The van der Waals surface area contributed by atoms with Crippen molar-refractivity contribution in [3.63, 3.8) is 0 Å². The van der Waals surface area contributed by atoms with Gasteiger partial charge in [0.05, 0.1) is 17.2 Å². The standard InChI is InChI=1S/C26H30N2O3/c1-16-22(25(30)31-19-7-5-4-6-8-19)23(18-11-9-17(15-27)10-12-18)24-20(28-16)13-26(2,3)14-21(24)29/h9-12,19,23,28H,4-8,13-14H2,1-3H3. The van der Waals surface area contributed by atoms with E-state index in [0.717, 1.165) is 49.1 Å². The fourth-order valence-electron chi connectivity index (χ4n) is 5.19. The Bertz CT molecular complexity index is 1000. The van der Waals surface area contributed by atoms with Gasteiger partial charge in [0, 0.05) is 29.3 Å². The molecular formula is C26H30N2O3. The van der Waals surface area contributed by atoms with E-state index in [4.69, 9.17) is 4.74 Å². The summed E-state index contributed by atoms with van der Waals surface area (Å²) in [6, 6.07) is 9.33. The minimum atomic E-state index is -0.469. The summed E-state index contributed by atoms with van der Waals surface area (Å²) in [5.41, 5.74) is 4.11. The fourth-order valence-corrected chi connectivity index (χ4v) is 5.19. The number of ether oxygens (including phenoxy) is 1. The van der Waals surface area contributed by atoms with E-state index in [9.17, 15) is 14.9 Å². The lowest BCUT2D eigenvalue weighted by molar-refractivity contribution is -0.146. The highest BCUT2D eigenvalue weighted by molar-refractivity contribution is 6.04. The lowest BCUT2D eigenvalue weighted by Crippen LogP contribution is -2.39. The summed E-state index contributed by atoms with van der Waals surface area (Å²) in [6.07, 6.45) is 6.28. The highest BCUT2D eigenvalue weighted by Gasteiger charge is 2.43. The van der Waals surface area contributed by atoms with Gasteiger partial charge < -0.3 is 10.1 Å². The number of carbonyl (C=O) groups excluding carboxylic acids is 2. The first-order chi connectivity index (χ1) is 14.8. The summed E-state index contributed by atoms with van der Waals surface area (Å²) in [6.45, 7) is 6.09. The first-order valence-electron chi connectivity index (χ1n) is 11.2. The summed E-state index contributed by atoms with van der Waals surface area (Å²) < 4.78 is 5.93. The Morgan fingerprint density at radius 2 is 1.81 bits per heavy atom. The predicted octanol–water partition coefficient (Wildman–Crippen LogP) is 5.04. The zero-order valence-electron chi connectivity index (χ0n) is 18.6. The average molecular weight is 419 g/mol. The van der Waals surface area contributed by atoms with Crippen molar-refractivity contribution in [3.05, 3.63) is 57.9 Å². The van der Waals surface area contributed by atoms with Crippen LogP contribution in [-0.4, -0.2) is 17.9 Å². The Kier molecular flexibility index (Phi) is 5.75. The number of hydrogen-bond acceptors (Lipinski definition) is 5. The van der Waals surface area contributed by atoms with E-state index in [1.165, 1.54) is 6.42 Å². The maximum atomic E-state index is 13.4. The van der Waals surface area contributed by atoms with Gasteiger partial charge in [-0.1, -0.05) is 32.4 Å². The predicted molar refractivity (Wildman–Crippen MR) is 118 cm³/mol. The molecule has 1 saturated carbocycles. The lowest BCUT2D eigenvalue weighted by atomic mass is 9.68. The number of carbonyl (C=O) groups is 2. The molecule has 1 unspecified atom stereocenters. The zero-order valence-corrected chi connectivity index (χ0v) is 18.6. The number of nitrogens with one attached hydrogen (secondary N) is 1. The number of allylic oxidation sites excluding steroid dienone is 3. The highest BCUT2D eigenvalue weighted by atomic mass is 16.5. The molecule has 2 aliphatic carbocycles. The van der Waals surface area contributed by atoms with Crippen molar-refractivity contribution in [1.82, 2.24) is 5.32 Å². The normalized spacial score (nSPS) is 23.7. The van der Waals surface area contributed by atoms with E-state index in [1.807, 2.05) is 19.1 Å². The molecule has 0 spiro atoms. The van der Waals surface area contributed by atoms with Gasteiger partial charge in [-0.05, 0) is 62.1 Å². The summed E-state index contributed by atoms with van der Waals surface area (Å²) in [5.74, 6) is -0.734. The van der Waals surface area contributed by atoms with Gasteiger partial charge in [0.15, 0.2) is 5.78 Å². The first-order valence-corrected chi connectivity index (χ1v) is 11.2. The highest BCUT2D eigenvalue weighted by Crippen LogP contribution is 2.47. The number of esters is 1. The van der Waals surface area contributed by atoms with E-state index in [2.05, 4.69) is 25.2 Å². The molecule has 0 bridgehead atoms. The molecule has 1 aliphatic heterocycles. The molecule has 0 amide bonds. The minimum absolute atomic E-state index is 0.0560. The molecule has 0 aromatic heterocycles. The van der Waals surface area contributed by atoms with E-state index in [0.29, 0.717) is 23.1 Å². The molecule has 4 rings (SSSR count). The Hall–Kier alpha value is -2.87. The van der Waals surface area contributed by atoms with Crippen molar-refractivity contribution >= 4 is 11.8 Å². The van der Waals surface area contributed by atoms with E-state index >= 15 is 0 Å². The summed E-state index contributed by atoms with van der Waals surface area (Å²) >= 11 is 0. The molecule has 0 saturated heterocycles. The van der Waals surface area contributed by atoms with Crippen molar-refractivity contribution < 1.29 is 14.3 Å². The Balaban J connectivity index is 1.76. The first kappa shape index (κ1) is 21.4. The maximum Gasteiger partial charge on any atom is 0.337 e. The van der Waals surface area contributed by atoms with Crippen LogP contribution in [0, 0.1) is 16.7 Å². The topological polar surface area (TPSA) is 79.2 Å². The third kappa shape index (κ3) is 4.30. The van der Waals surface area contributed by atoms with Gasteiger partial charge in [0.1, 0.15) is 6.10 Å². The molecule has 1 heterocycles. The van der Waals surface area contributed by atoms with Crippen molar-refractivity contribution in [2.24, 2.45) is 5.41 Å². The third-order valence-corrected chi connectivity index (χ3v) is 6.66. The number of benzene rings is 1. The molecule has 31 heavy (non-hydrogen) atoms. The van der Waals surface area contributed by atoms with Gasteiger partial charge in [-0.2, -0.15) is 5.26 Å². The number of Topliss-reactive ketones (excluding diaryl/α,β-unsaturated/α-hetero) is 1. The molecule has 5 heteroatoms. The van der Waals surface area contributed by atoms with Gasteiger partial charge in [-0.15, -0.1) is 0 Å². The quantitative estimate of drug-likeness (QED) is 0.696. The van der Waals surface area contributed by atoms with E-state index in [-0.39, 0.29) is 23.3 Å². The second-order valence-corrected chi connectivity index (χ2v) is 9.83. The van der Waals surface area contributed by atoms with Crippen LogP contribution in [0.1, 0.15) is 82.8 Å². The van der Waals surface area contributed by atoms with Crippen LogP contribution in [-0.2, 0) is 14.3 Å². The summed E-state index contributed by atoms with van der Waals surface area (Å²) in [4.78, 5) is 26.7. The lowest BCUT2D eigenvalue weighted by Gasteiger charge is -2.39. The molecule has 1 fully saturated rings. The molecule has 0 radical (unpaired) electrons. The van der Waals surface area contributed by atoms with Gasteiger partial charge in [0.25, 0.3) is 0 Å². The number of hydrogen-bond donors (Lipinski definition) is 1. The van der Waals surface area contributed by atoms with Crippen molar-refractivity contribution in [2.45, 2.75) is 77.7 Å². The number of rotatable bonds is 3. The number of nitriles is 1. The van der Waals surface area contributed by atoms with Crippen LogP contribution in [0.2, 0.25) is 0 Å². The third-order valence-electron chi connectivity index (χ3n) is 6.66. The smallest absolute Gasteiger partial charge is 0.337 e. The summed E-state index contributed by atoms with van der Waals surface area (Å²) in [7, 11) is 0. The zero-order chi connectivity index (χ0) is 22.2. The Labute approximate surface area is 184 Å². The Morgan fingerprint density at radius 3 is 2.45 bits per heavy atom. The average Bonchev–Trinajstić information content (AvgIpc) is 2.72. The molecule has 3 aliphatic rings. The molecule has 1 aromatic rings. The van der Waals surface area contributed by atoms with Crippen LogP contribution in [0.15, 0.2) is 46.8 Å². The van der Waals surface area contributed by atoms with Crippen molar-refractivity contribution in [3.8, 4) is 6.07 Å².